The van der Waals surface area contributed by atoms with Crippen LogP contribution >= 0.6 is 11.6 Å². The van der Waals surface area contributed by atoms with Crippen LogP contribution in [0.2, 0.25) is 5.02 Å². The van der Waals surface area contributed by atoms with E-state index in [1.54, 1.807) is 42.5 Å². The van der Waals surface area contributed by atoms with Crippen molar-refractivity contribution in [3.8, 4) is 0 Å². The van der Waals surface area contributed by atoms with Gasteiger partial charge in [-0.25, -0.2) is 12.7 Å². The van der Waals surface area contributed by atoms with Gasteiger partial charge in [0.1, 0.15) is 17.5 Å². The maximum absolute atomic E-state index is 14.0. The summed E-state index contributed by atoms with van der Waals surface area (Å²) in [6, 6.07) is 14.7. The molecule has 3 aromatic rings. The number of sulfonamides is 1. The van der Waals surface area contributed by atoms with Gasteiger partial charge in [-0.3, -0.25) is 19.4 Å². The summed E-state index contributed by atoms with van der Waals surface area (Å²) in [5.74, 6) is -2.04. The van der Waals surface area contributed by atoms with Crippen molar-refractivity contribution in [2.24, 2.45) is 0 Å². The van der Waals surface area contributed by atoms with E-state index in [1.807, 2.05) is 0 Å². The number of carbonyl (C=O) groups excluding carboxylic acids is 3. The van der Waals surface area contributed by atoms with Gasteiger partial charge in [-0.1, -0.05) is 41.9 Å². The van der Waals surface area contributed by atoms with Gasteiger partial charge in [0, 0.05) is 37.1 Å². The smallest absolute Gasteiger partial charge is 0.269 e. The van der Waals surface area contributed by atoms with Gasteiger partial charge < -0.3 is 15.0 Å². The number of rotatable bonds is 9. The second kappa shape index (κ2) is 11.7. The molecule has 1 fully saturated rings. The van der Waals surface area contributed by atoms with Crippen molar-refractivity contribution >= 4 is 39.3 Å². The molecule has 2 aliphatic rings. The third-order valence-corrected chi connectivity index (χ3v) is 9.08. The molecule has 10 nitrogen and oxygen atoms in total. The maximum atomic E-state index is 14.0. The van der Waals surface area contributed by atoms with Crippen LogP contribution in [0.3, 0.4) is 0 Å². The summed E-state index contributed by atoms with van der Waals surface area (Å²) in [5.41, 5.74) is 0.995. The molecule has 3 heterocycles. The fourth-order valence-electron chi connectivity index (χ4n) is 4.87. The lowest BCUT2D eigenvalue weighted by atomic mass is 10.0. The predicted molar refractivity (Wildman–Crippen MR) is 146 cm³/mol. The lowest BCUT2D eigenvalue weighted by Crippen LogP contribution is -2.48. The third-order valence-electron chi connectivity index (χ3n) is 6.92. The fraction of sp³-hybridized carbons (Fsp3) is 0.286. The van der Waals surface area contributed by atoms with E-state index in [9.17, 15) is 22.8 Å². The summed E-state index contributed by atoms with van der Waals surface area (Å²) in [5, 5.41) is 3.25. The normalized spacial score (nSPS) is 18.3. The number of fused-ring (bicyclic) bond motifs is 1. The highest BCUT2D eigenvalue weighted by molar-refractivity contribution is 7.90. The minimum atomic E-state index is -4.25. The van der Waals surface area contributed by atoms with E-state index >= 15 is 0 Å². The fourth-order valence-corrected chi connectivity index (χ4v) is 6.58. The lowest BCUT2D eigenvalue weighted by molar-refractivity contribution is -0.141. The van der Waals surface area contributed by atoms with E-state index in [1.165, 1.54) is 35.5 Å². The molecular formula is C28H27ClN4O6S. The maximum Gasteiger partial charge on any atom is 0.269 e. The van der Waals surface area contributed by atoms with E-state index in [2.05, 4.69) is 10.3 Å². The van der Waals surface area contributed by atoms with Crippen LogP contribution in [0.4, 0.5) is 0 Å². The van der Waals surface area contributed by atoms with Crippen molar-refractivity contribution < 1.29 is 27.5 Å². The van der Waals surface area contributed by atoms with Gasteiger partial charge in [-0.05, 0) is 54.3 Å². The molecule has 3 amide bonds. The number of hydrogen-bond acceptors (Lipinski definition) is 7. The second-order valence-corrected chi connectivity index (χ2v) is 11.7. The lowest BCUT2D eigenvalue weighted by Gasteiger charge is -2.33. The Morgan fingerprint density at radius 2 is 1.82 bits per heavy atom. The Labute approximate surface area is 236 Å². The Balaban J connectivity index is 1.50. The number of nitrogens with one attached hydrogen (secondary N) is 1. The molecule has 0 aliphatic carbocycles. The summed E-state index contributed by atoms with van der Waals surface area (Å²) in [4.78, 5) is 45.9. The number of amides is 3. The molecule has 1 aromatic heterocycles. The van der Waals surface area contributed by atoms with Gasteiger partial charge in [0.15, 0.2) is 0 Å². The summed E-state index contributed by atoms with van der Waals surface area (Å²) in [7, 11) is -4.25. The number of carbonyl (C=O) groups is 3. The molecule has 5 rings (SSSR count). The molecule has 2 aliphatic heterocycles. The van der Waals surface area contributed by atoms with Crippen molar-refractivity contribution in [3.05, 3.63) is 94.8 Å². The molecule has 12 heteroatoms. The zero-order chi connectivity index (χ0) is 28.3. The van der Waals surface area contributed by atoms with Crippen molar-refractivity contribution in [2.45, 2.75) is 36.4 Å². The highest BCUT2D eigenvalue weighted by Crippen LogP contribution is 2.31. The molecule has 2 aromatic carbocycles. The van der Waals surface area contributed by atoms with Crippen LogP contribution in [0.25, 0.3) is 0 Å². The monoisotopic (exact) mass is 582 g/mol. The average Bonchev–Trinajstić information content (AvgIpc) is 3.55. The minimum absolute atomic E-state index is 0.00653. The first kappa shape index (κ1) is 27.8. The first-order chi connectivity index (χ1) is 19.3. The van der Waals surface area contributed by atoms with Gasteiger partial charge in [0.25, 0.3) is 15.9 Å². The van der Waals surface area contributed by atoms with E-state index in [4.69, 9.17) is 16.3 Å². The highest BCUT2D eigenvalue weighted by atomic mass is 35.5. The third kappa shape index (κ3) is 5.58. The van der Waals surface area contributed by atoms with E-state index in [0.29, 0.717) is 27.1 Å². The van der Waals surface area contributed by atoms with Gasteiger partial charge in [0.05, 0.1) is 11.7 Å². The number of aromatic nitrogens is 1. The molecule has 40 heavy (non-hydrogen) atoms. The molecule has 0 radical (unpaired) electrons. The van der Waals surface area contributed by atoms with Gasteiger partial charge >= 0.3 is 0 Å². The summed E-state index contributed by atoms with van der Waals surface area (Å²) in [6.07, 6.45) is 4.56. The van der Waals surface area contributed by atoms with Gasteiger partial charge in [-0.2, -0.15) is 0 Å². The van der Waals surface area contributed by atoms with E-state index < -0.39 is 40.3 Å². The van der Waals surface area contributed by atoms with Crippen LogP contribution in [0.1, 0.15) is 40.4 Å². The summed E-state index contributed by atoms with van der Waals surface area (Å²) in [6.45, 7) is -0.0379. The topological polar surface area (TPSA) is 126 Å². The van der Waals surface area contributed by atoms with Crippen molar-refractivity contribution in [1.29, 1.82) is 0 Å². The number of pyridine rings is 1. The van der Waals surface area contributed by atoms with Crippen molar-refractivity contribution in [3.63, 3.8) is 0 Å². The SMILES string of the molecule is O=C(NC[C@H]1CCCO1)[C@@H](c1ccncc1)N(Cc1ccccc1Cl)C(=O)CN1C(=O)c2ccccc2S1(=O)=O. The Bertz CT molecular complexity index is 1530. The Kier molecular flexibility index (Phi) is 8.15. The Morgan fingerprint density at radius 1 is 1.10 bits per heavy atom. The molecule has 1 N–H and O–H groups in total. The standard InChI is InChI=1S/C28H27ClN4O6S/c29-23-9-3-1-6-20(23)17-32(25(34)18-33-28(36)22-8-2-4-10-24(22)40(33,37)38)26(19-11-13-30-14-12-19)27(35)31-16-21-7-5-15-39-21/h1-4,6,8-14,21,26H,5,7,15-18H2,(H,31,35)/t21-,26-/m1/s1. The molecule has 0 spiro atoms. The Hall–Kier alpha value is -3.80. The van der Waals surface area contributed by atoms with Crippen molar-refractivity contribution in [2.75, 3.05) is 19.7 Å². The molecule has 0 bridgehead atoms. The number of halogens is 1. The number of ether oxygens (including phenoxy) is 1. The van der Waals surface area contributed by atoms with Gasteiger partial charge in [0.2, 0.25) is 11.8 Å². The minimum Gasteiger partial charge on any atom is -0.376 e. The largest absolute Gasteiger partial charge is 0.376 e. The molecule has 2 atom stereocenters. The van der Waals surface area contributed by atoms with Crippen LogP contribution in [0.15, 0.2) is 78.0 Å². The van der Waals surface area contributed by atoms with Crippen LogP contribution < -0.4 is 5.32 Å². The number of nitrogens with zero attached hydrogens (tertiary/aromatic N) is 3. The first-order valence-corrected chi connectivity index (χ1v) is 14.6. The first-order valence-electron chi connectivity index (χ1n) is 12.8. The van der Waals surface area contributed by atoms with Crippen molar-refractivity contribution in [1.82, 2.24) is 19.5 Å². The van der Waals surface area contributed by atoms with E-state index in [0.717, 1.165) is 12.8 Å². The number of benzene rings is 2. The molecule has 1 saturated heterocycles. The second-order valence-electron chi connectivity index (χ2n) is 9.49. The summed E-state index contributed by atoms with van der Waals surface area (Å²) < 4.78 is 32.6. The van der Waals surface area contributed by atoms with Crippen LogP contribution in [-0.2, 0) is 30.9 Å². The van der Waals surface area contributed by atoms with Gasteiger partial charge in [-0.15, -0.1) is 0 Å². The van der Waals surface area contributed by atoms with Crippen LogP contribution in [-0.4, -0.2) is 66.1 Å². The zero-order valence-corrected chi connectivity index (χ0v) is 23.0. The Morgan fingerprint density at radius 3 is 2.52 bits per heavy atom. The molecule has 0 unspecified atom stereocenters. The molecular weight excluding hydrogens is 556 g/mol. The van der Waals surface area contributed by atoms with E-state index in [-0.39, 0.29) is 29.7 Å². The zero-order valence-electron chi connectivity index (χ0n) is 21.4. The average molecular weight is 583 g/mol. The summed E-state index contributed by atoms with van der Waals surface area (Å²) >= 11 is 6.42. The quantitative estimate of drug-likeness (QED) is 0.411. The molecule has 0 saturated carbocycles. The van der Waals surface area contributed by atoms with Crippen LogP contribution in [0.5, 0.6) is 0 Å². The van der Waals surface area contributed by atoms with Crippen LogP contribution in [0, 0.1) is 0 Å². The highest BCUT2D eigenvalue weighted by Gasteiger charge is 2.43. The predicted octanol–water partition coefficient (Wildman–Crippen LogP) is 2.94. The molecule has 208 valence electrons. The number of hydrogen-bond donors (Lipinski definition) is 1.